The van der Waals surface area contributed by atoms with Crippen molar-refractivity contribution in [2.45, 2.75) is 78.6 Å². The minimum atomic E-state index is -0.307. The van der Waals surface area contributed by atoms with Crippen LogP contribution >= 0.6 is 0 Å². The summed E-state index contributed by atoms with van der Waals surface area (Å²) < 4.78 is 10.7. The Labute approximate surface area is 151 Å². The molecule has 0 atom stereocenters. The predicted octanol–water partition coefficient (Wildman–Crippen LogP) is 5.10. The number of hydrogen-bond acceptors (Lipinski definition) is 4. The largest absolute Gasteiger partial charge is 0.466 e. The molecule has 0 fully saturated rings. The Kier molecular flexibility index (Phi) is 8.67. The number of esters is 2. The Balaban J connectivity index is 2.47. The molecule has 0 aliphatic carbocycles. The molecule has 0 saturated carbocycles. The van der Waals surface area contributed by atoms with E-state index in [0.717, 1.165) is 30.4 Å². The number of rotatable bonds is 9. The topological polar surface area (TPSA) is 52.6 Å². The molecule has 0 unspecified atom stereocenters. The lowest BCUT2D eigenvalue weighted by Gasteiger charge is -2.23. The lowest BCUT2D eigenvalue weighted by atomic mass is 9.85. The molecular formula is C21H32O4. The van der Waals surface area contributed by atoms with Crippen molar-refractivity contribution in [3.05, 3.63) is 29.3 Å². The normalized spacial score (nSPS) is 11.2. The third-order valence-electron chi connectivity index (χ3n) is 4.01. The number of carbonyl (C=O) groups is 2. The van der Waals surface area contributed by atoms with Crippen LogP contribution in [0.15, 0.2) is 18.2 Å². The number of benzene rings is 1. The zero-order valence-electron chi connectivity index (χ0n) is 16.3. The highest BCUT2D eigenvalue weighted by molar-refractivity contribution is 5.75. The van der Waals surface area contributed by atoms with Crippen LogP contribution in [0.1, 0.15) is 77.3 Å². The van der Waals surface area contributed by atoms with E-state index in [1.807, 2.05) is 25.1 Å². The zero-order valence-corrected chi connectivity index (χ0v) is 16.3. The summed E-state index contributed by atoms with van der Waals surface area (Å²) in [4.78, 5) is 23.8. The van der Waals surface area contributed by atoms with Gasteiger partial charge in [-0.15, -0.1) is 0 Å². The molecule has 0 aromatic heterocycles. The van der Waals surface area contributed by atoms with Crippen LogP contribution in [0.25, 0.3) is 0 Å². The Hall–Kier alpha value is -1.84. The van der Waals surface area contributed by atoms with Crippen molar-refractivity contribution in [3.8, 4) is 5.75 Å². The number of para-hydroxylation sites is 1. The van der Waals surface area contributed by atoms with Gasteiger partial charge in [-0.05, 0) is 30.7 Å². The first kappa shape index (κ1) is 21.2. The second-order valence-electron chi connectivity index (χ2n) is 7.46. The Morgan fingerprint density at radius 2 is 1.68 bits per heavy atom. The van der Waals surface area contributed by atoms with Crippen molar-refractivity contribution in [2.75, 3.05) is 6.61 Å². The van der Waals surface area contributed by atoms with Crippen LogP contribution in [0.5, 0.6) is 5.75 Å². The Morgan fingerprint density at radius 1 is 1.00 bits per heavy atom. The molecule has 4 nitrogen and oxygen atoms in total. The summed E-state index contributed by atoms with van der Waals surface area (Å²) in [5.41, 5.74) is 1.84. The third kappa shape index (κ3) is 7.72. The average molecular weight is 348 g/mol. The van der Waals surface area contributed by atoms with Crippen molar-refractivity contribution in [1.29, 1.82) is 0 Å². The molecule has 0 spiro atoms. The van der Waals surface area contributed by atoms with Crippen molar-refractivity contribution in [2.24, 2.45) is 0 Å². The van der Waals surface area contributed by atoms with E-state index in [-0.39, 0.29) is 30.2 Å². The van der Waals surface area contributed by atoms with Gasteiger partial charge in [-0.3, -0.25) is 9.59 Å². The van der Waals surface area contributed by atoms with Crippen LogP contribution in [-0.4, -0.2) is 18.5 Å². The fourth-order valence-corrected chi connectivity index (χ4v) is 2.53. The van der Waals surface area contributed by atoms with E-state index in [1.54, 1.807) is 0 Å². The van der Waals surface area contributed by atoms with Crippen LogP contribution in [0, 0.1) is 6.92 Å². The molecule has 1 rings (SSSR count). The van der Waals surface area contributed by atoms with Crippen LogP contribution in [-0.2, 0) is 19.7 Å². The molecule has 0 radical (unpaired) electrons. The summed E-state index contributed by atoms with van der Waals surface area (Å²) in [7, 11) is 0. The first-order valence-electron chi connectivity index (χ1n) is 9.22. The van der Waals surface area contributed by atoms with Crippen molar-refractivity contribution in [3.63, 3.8) is 0 Å². The van der Waals surface area contributed by atoms with Crippen molar-refractivity contribution in [1.82, 2.24) is 0 Å². The fraction of sp³-hybridized carbons (Fsp3) is 0.619. The minimum absolute atomic E-state index is 0.107. The van der Waals surface area contributed by atoms with Crippen LogP contribution in [0.3, 0.4) is 0 Å². The standard InChI is InChI=1S/C21H32O4/c1-6-7-8-15-24-18(22)13-10-14-19(23)25-20-16(2)11-9-12-17(20)21(3,4)5/h9,11-12H,6-8,10,13-15H2,1-5H3. The molecule has 0 amide bonds. The van der Waals surface area contributed by atoms with E-state index >= 15 is 0 Å². The summed E-state index contributed by atoms with van der Waals surface area (Å²) in [6.07, 6.45) is 3.96. The SMILES string of the molecule is CCCCCOC(=O)CCCC(=O)Oc1c(C)cccc1C(C)(C)C. The van der Waals surface area contributed by atoms with E-state index in [0.29, 0.717) is 18.8 Å². The number of aryl methyl sites for hydroxylation is 1. The Bertz CT molecular complexity index is 570. The monoisotopic (exact) mass is 348 g/mol. The molecule has 0 bridgehead atoms. The van der Waals surface area contributed by atoms with E-state index < -0.39 is 0 Å². The number of hydrogen-bond donors (Lipinski definition) is 0. The maximum Gasteiger partial charge on any atom is 0.311 e. The van der Waals surface area contributed by atoms with Gasteiger partial charge in [0.25, 0.3) is 0 Å². The Morgan fingerprint density at radius 3 is 2.32 bits per heavy atom. The molecule has 1 aromatic rings. The lowest BCUT2D eigenvalue weighted by molar-refractivity contribution is -0.144. The van der Waals surface area contributed by atoms with Gasteiger partial charge in [0, 0.05) is 18.4 Å². The average Bonchev–Trinajstić information content (AvgIpc) is 2.52. The lowest BCUT2D eigenvalue weighted by Crippen LogP contribution is -2.17. The summed E-state index contributed by atoms with van der Waals surface area (Å²) in [5.74, 6) is 0.0934. The number of carbonyl (C=O) groups excluding carboxylic acids is 2. The molecule has 140 valence electrons. The maximum atomic E-state index is 12.2. The highest BCUT2D eigenvalue weighted by Crippen LogP contribution is 2.34. The van der Waals surface area contributed by atoms with Gasteiger partial charge >= 0.3 is 11.9 Å². The smallest absolute Gasteiger partial charge is 0.311 e. The van der Waals surface area contributed by atoms with E-state index in [1.165, 1.54) is 0 Å². The number of ether oxygens (including phenoxy) is 2. The highest BCUT2D eigenvalue weighted by atomic mass is 16.5. The van der Waals surface area contributed by atoms with Gasteiger partial charge in [-0.2, -0.15) is 0 Å². The number of unbranched alkanes of at least 4 members (excludes halogenated alkanes) is 2. The van der Waals surface area contributed by atoms with E-state index in [2.05, 4.69) is 27.7 Å². The molecule has 25 heavy (non-hydrogen) atoms. The summed E-state index contributed by atoms with van der Waals surface area (Å²) >= 11 is 0. The molecule has 0 N–H and O–H groups in total. The van der Waals surface area contributed by atoms with Crippen LogP contribution < -0.4 is 4.74 Å². The fourth-order valence-electron chi connectivity index (χ4n) is 2.53. The molecule has 0 aliphatic heterocycles. The van der Waals surface area contributed by atoms with Crippen LogP contribution in [0.4, 0.5) is 0 Å². The van der Waals surface area contributed by atoms with Gasteiger partial charge in [0.1, 0.15) is 5.75 Å². The van der Waals surface area contributed by atoms with Gasteiger partial charge < -0.3 is 9.47 Å². The molecule has 0 saturated heterocycles. The molecular weight excluding hydrogens is 316 g/mol. The summed E-state index contributed by atoms with van der Waals surface area (Å²) in [6, 6.07) is 5.90. The molecule has 0 aliphatic rings. The second-order valence-corrected chi connectivity index (χ2v) is 7.46. The molecule has 0 heterocycles. The maximum absolute atomic E-state index is 12.2. The van der Waals surface area contributed by atoms with Gasteiger partial charge in [-0.25, -0.2) is 0 Å². The van der Waals surface area contributed by atoms with Crippen molar-refractivity contribution < 1.29 is 19.1 Å². The minimum Gasteiger partial charge on any atom is -0.466 e. The van der Waals surface area contributed by atoms with Gasteiger partial charge in [0.2, 0.25) is 0 Å². The molecule has 1 aromatic carbocycles. The zero-order chi connectivity index (χ0) is 18.9. The van der Waals surface area contributed by atoms with E-state index in [9.17, 15) is 9.59 Å². The summed E-state index contributed by atoms with van der Waals surface area (Å²) in [6.45, 7) is 10.8. The van der Waals surface area contributed by atoms with Crippen LogP contribution in [0.2, 0.25) is 0 Å². The highest BCUT2D eigenvalue weighted by Gasteiger charge is 2.21. The van der Waals surface area contributed by atoms with Gasteiger partial charge in [0.05, 0.1) is 6.61 Å². The van der Waals surface area contributed by atoms with Gasteiger partial charge in [-0.1, -0.05) is 58.7 Å². The first-order valence-corrected chi connectivity index (χ1v) is 9.22. The van der Waals surface area contributed by atoms with Gasteiger partial charge in [0.15, 0.2) is 0 Å². The first-order chi connectivity index (χ1) is 11.8. The molecule has 4 heteroatoms. The van der Waals surface area contributed by atoms with Crippen molar-refractivity contribution >= 4 is 11.9 Å². The predicted molar refractivity (Wildman–Crippen MR) is 99.8 cm³/mol. The summed E-state index contributed by atoms with van der Waals surface area (Å²) in [5, 5.41) is 0. The van der Waals surface area contributed by atoms with E-state index in [4.69, 9.17) is 9.47 Å². The second kappa shape index (κ2) is 10.2. The quantitative estimate of drug-likeness (QED) is 0.354. The third-order valence-corrected chi connectivity index (χ3v) is 4.01.